The van der Waals surface area contributed by atoms with Gasteiger partial charge in [0.25, 0.3) is 0 Å². The molecule has 1 aliphatic rings. The average Bonchev–Trinajstić information content (AvgIpc) is 3.14. The van der Waals surface area contributed by atoms with Crippen molar-refractivity contribution < 1.29 is 0 Å². The molecule has 48 heavy (non-hydrogen) atoms. The smallest absolute Gasteiger partial charge is 0.0958 e. The van der Waals surface area contributed by atoms with E-state index in [1.807, 2.05) is 0 Å². The van der Waals surface area contributed by atoms with Crippen LogP contribution in [0.25, 0.3) is 44.1 Å². The van der Waals surface area contributed by atoms with Gasteiger partial charge in [-0.2, -0.15) is 0 Å². The van der Waals surface area contributed by atoms with E-state index in [-0.39, 0.29) is 0 Å². The normalized spacial score (nSPS) is 12.3. The molecule has 0 radical (unpaired) electrons. The molecule has 0 amide bonds. The Bertz CT molecular complexity index is 2430. The molecule has 0 fully saturated rings. The summed E-state index contributed by atoms with van der Waals surface area (Å²) in [5.74, 6) is 0. The molecule has 0 bridgehead atoms. The standard InChI is InChI=1S/C45H33N3/c1-30-23-26-33(27-24-30)38-29-37(36-18-12-14-32-13-6-7-17-35(32)36)44-31(2)25-28-43(45(44)46-38)48-41-21-10-8-19-39(41)47(34-15-4-3-5-16-34)40-20-9-11-22-42(40)48/h3-29H,1-2H3. The van der Waals surface area contributed by atoms with Gasteiger partial charge in [0.15, 0.2) is 0 Å². The Labute approximate surface area is 281 Å². The number of fused-ring (bicyclic) bond motifs is 4. The predicted molar refractivity (Wildman–Crippen MR) is 203 cm³/mol. The Morgan fingerprint density at radius 1 is 0.458 bits per heavy atom. The summed E-state index contributed by atoms with van der Waals surface area (Å²) in [6.07, 6.45) is 0. The monoisotopic (exact) mass is 615 g/mol. The number of benzene rings is 7. The molecular formula is C45H33N3. The number of nitrogens with zero attached hydrogens (tertiary/aromatic N) is 3. The Kier molecular flexibility index (Phi) is 6.58. The second-order valence-corrected chi connectivity index (χ2v) is 12.6. The van der Waals surface area contributed by atoms with Crippen LogP contribution in [0, 0.1) is 13.8 Å². The van der Waals surface area contributed by atoms with Gasteiger partial charge >= 0.3 is 0 Å². The van der Waals surface area contributed by atoms with Gasteiger partial charge in [0.05, 0.1) is 39.6 Å². The zero-order chi connectivity index (χ0) is 32.2. The van der Waals surface area contributed by atoms with Gasteiger partial charge in [0.1, 0.15) is 0 Å². The number of para-hydroxylation sites is 5. The highest BCUT2D eigenvalue weighted by Gasteiger charge is 2.31. The molecule has 3 nitrogen and oxygen atoms in total. The molecule has 8 aromatic rings. The predicted octanol–water partition coefficient (Wildman–Crippen LogP) is 12.6. The van der Waals surface area contributed by atoms with Crippen molar-refractivity contribution in [2.75, 3.05) is 9.80 Å². The van der Waals surface area contributed by atoms with Crippen LogP contribution in [0.15, 0.2) is 164 Å². The lowest BCUT2D eigenvalue weighted by atomic mass is 9.91. The lowest BCUT2D eigenvalue weighted by Gasteiger charge is -2.40. The molecule has 0 saturated carbocycles. The Morgan fingerprint density at radius 2 is 1.06 bits per heavy atom. The van der Waals surface area contributed by atoms with Crippen LogP contribution in [-0.4, -0.2) is 4.98 Å². The summed E-state index contributed by atoms with van der Waals surface area (Å²) >= 11 is 0. The maximum Gasteiger partial charge on any atom is 0.0958 e. The molecule has 0 saturated heterocycles. The third kappa shape index (κ3) is 4.47. The Balaban J connectivity index is 1.37. The van der Waals surface area contributed by atoms with Gasteiger partial charge < -0.3 is 9.80 Å². The summed E-state index contributed by atoms with van der Waals surface area (Å²) in [5, 5.41) is 3.63. The van der Waals surface area contributed by atoms with Crippen molar-refractivity contribution in [3.05, 3.63) is 175 Å². The number of hydrogen-bond donors (Lipinski definition) is 0. The average molecular weight is 616 g/mol. The van der Waals surface area contributed by atoms with Crippen LogP contribution in [0.2, 0.25) is 0 Å². The van der Waals surface area contributed by atoms with Crippen LogP contribution in [0.4, 0.5) is 34.1 Å². The summed E-state index contributed by atoms with van der Waals surface area (Å²) in [4.78, 5) is 10.3. The number of rotatable bonds is 4. The highest BCUT2D eigenvalue weighted by atomic mass is 15.3. The first-order valence-corrected chi connectivity index (χ1v) is 16.5. The van der Waals surface area contributed by atoms with E-state index < -0.39 is 0 Å². The molecule has 7 aromatic carbocycles. The van der Waals surface area contributed by atoms with Crippen molar-refractivity contribution >= 4 is 55.8 Å². The minimum Gasteiger partial charge on any atom is -0.306 e. The summed E-state index contributed by atoms with van der Waals surface area (Å²) < 4.78 is 0. The maximum atomic E-state index is 5.55. The fourth-order valence-electron chi connectivity index (χ4n) is 7.28. The third-order valence-electron chi connectivity index (χ3n) is 9.56. The van der Waals surface area contributed by atoms with Crippen molar-refractivity contribution in [2.45, 2.75) is 13.8 Å². The molecule has 1 aromatic heterocycles. The van der Waals surface area contributed by atoms with Gasteiger partial charge in [-0.05, 0) is 89.8 Å². The van der Waals surface area contributed by atoms with Crippen LogP contribution in [0.1, 0.15) is 11.1 Å². The van der Waals surface area contributed by atoms with E-state index in [9.17, 15) is 0 Å². The lowest BCUT2D eigenvalue weighted by molar-refractivity contribution is 1.17. The minimum absolute atomic E-state index is 0.960. The number of anilines is 6. The first-order valence-electron chi connectivity index (χ1n) is 16.5. The first kappa shape index (κ1) is 28.1. The summed E-state index contributed by atoms with van der Waals surface area (Å²) in [6, 6.07) is 58.8. The van der Waals surface area contributed by atoms with Crippen molar-refractivity contribution in [3.8, 4) is 22.4 Å². The Hall–Kier alpha value is -6.19. The molecule has 9 rings (SSSR count). The van der Waals surface area contributed by atoms with E-state index in [2.05, 4.69) is 187 Å². The van der Waals surface area contributed by atoms with E-state index in [1.54, 1.807) is 0 Å². The first-order chi connectivity index (χ1) is 23.7. The molecule has 0 atom stereocenters. The van der Waals surface area contributed by atoms with E-state index >= 15 is 0 Å². The molecule has 0 aliphatic carbocycles. The fraction of sp³-hybridized carbons (Fsp3) is 0.0444. The van der Waals surface area contributed by atoms with E-state index in [0.717, 1.165) is 50.9 Å². The van der Waals surface area contributed by atoms with Crippen LogP contribution >= 0.6 is 0 Å². The third-order valence-corrected chi connectivity index (χ3v) is 9.56. The van der Waals surface area contributed by atoms with Crippen molar-refractivity contribution in [1.29, 1.82) is 0 Å². The second-order valence-electron chi connectivity index (χ2n) is 12.6. The number of aromatic nitrogens is 1. The van der Waals surface area contributed by atoms with Crippen LogP contribution in [0.3, 0.4) is 0 Å². The quantitative estimate of drug-likeness (QED) is 0.196. The molecular weight excluding hydrogens is 583 g/mol. The molecule has 0 N–H and O–H groups in total. The van der Waals surface area contributed by atoms with Gasteiger partial charge in [-0.1, -0.05) is 121 Å². The minimum atomic E-state index is 0.960. The zero-order valence-electron chi connectivity index (χ0n) is 26.9. The van der Waals surface area contributed by atoms with E-state index in [0.29, 0.717) is 0 Å². The second kappa shape index (κ2) is 11.3. The van der Waals surface area contributed by atoms with Crippen molar-refractivity contribution in [2.24, 2.45) is 0 Å². The maximum absolute atomic E-state index is 5.55. The van der Waals surface area contributed by atoms with Gasteiger partial charge in [-0.3, -0.25) is 0 Å². The van der Waals surface area contributed by atoms with Crippen LogP contribution in [-0.2, 0) is 0 Å². The van der Waals surface area contributed by atoms with E-state index in [4.69, 9.17) is 4.98 Å². The van der Waals surface area contributed by atoms with E-state index in [1.165, 1.54) is 38.4 Å². The van der Waals surface area contributed by atoms with Crippen LogP contribution in [0.5, 0.6) is 0 Å². The fourth-order valence-corrected chi connectivity index (χ4v) is 7.28. The number of aryl methyl sites for hydroxylation is 2. The molecule has 0 unspecified atom stereocenters. The summed E-state index contributed by atoms with van der Waals surface area (Å²) in [5.41, 5.74) is 14.5. The topological polar surface area (TPSA) is 19.4 Å². The molecule has 2 heterocycles. The Morgan fingerprint density at radius 3 is 1.77 bits per heavy atom. The molecule has 228 valence electrons. The zero-order valence-corrected chi connectivity index (χ0v) is 26.9. The molecule has 0 spiro atoms. The van der Waals surface area contributed by atoms with Crippen molar-refractivity contribution in [1.82, 2.24) is 4.98 Å². The summed E-state index contributed by atoms with van der Waals surface area (Å²) in [6.45, 7) is 4.34. The largest absolute Gasteiger partial charge is 0.306 e. The van der Waals surface area contributed by atoms with Gasteiger partial charge in [-0.15, -0.1) is 0 Å². The lowest BCUT2D eigenvalue weighted by Crippen LogP contribution is -2.24. The van der Waals surface area contributed by atoms with Gasteiger partial charge in [0.2, 0.25) is 0 Å². The number of pyridine rings is 1. The van der Waals surface area contributed by atoms with Gasteiger partial charge in [-0.25, -0.2) is 4.98 Å². The molecule has 1 aliphatic heterocycles. The highest BCUT2D eigenvalue weighted by molar-refractivity contribution is 6.12. The molecule has 3 heteroatoms. The summed E-state index contributed by atoms with van der Waals surface area (Å²) in [7, 11) is 0. The number of hydrogen-bond acceptors (Lipinski definition) is 3. The van der Waals surface area contributed by atoms with Crippen molar-refractivity contribution in [3.63, 3.8) is 0 Å². The van der Waals surface area contributed by atoms with Crippen LogP contribution < -0.4 is 9.80 Å². The van der Waals surface area contributed by atoms with Gasteiger partial charge in [0, 0.05) is 16.6 Å². The highest BCUT2D eigenvalue weighted by Crippen LogP contribution is 2.55. The SMILES string of the molecule is Cc1ccc(-c2cc(-c3cccc4ccccc34)c3c(C)ccc(N4c5ccccc5N(c5ccccc5)c5ccccc54)c3n2)cc1.